The Morgan fingerprint density at radius 2 is 0.683 bits per heavy atom. The van der Waals surface area contributed by atoms with Crippen molar-refractivity contribution < 1.29 is 0 Å². The van der Waals surface area contributed by atoms with E-state index in [0.29, 0.717) is 34.9 Å². The summed E-state index contributed by atoms with van der Waals surface area (Å²) >= 11 is 0. The van der Waals surface area contributed by atoms with Gasteiger partial charge in [0, 0.05) is 44.2 Å². The molecule has 10 aromatic rings. The van der Waals surface area contributed by atoms with Crippen LogP contribution in [0.3, 0.4) is 0 Å². The van der Waals surface area contributed by atoms with Crippen molar-refractivity contribution in [3.63, 3.8) is 0 Å². The van der Waals surface area contributed by atoms with Crippen molar-refractivity contribution in [2.45, 2.75) is 0 Å². The highest BCUT2D eigenvalue weighted by Crippen LogP contribution is 2.38. The van der Waals surface area contributed by atoms with Crippen LogP contribution in [-0.2, 0) is 0 Å². The lowest BCUT2D eigenvalue weighted by Crippen LogP contribution is -2.55. The van der Waals surface area contributed by atoms with Crippen LogP contribution in [0.2, 0.25) is 0 Å². The summed E-state index contributed by atoms with van der Waals surface area (Å²) < 4.78 is 2.32. The summed E-state index contributed by atoms with van der Waals surface area (Å²) in [5.41, 5.74) is 14.6. The molecule has 3 aromatic heterocycles. The number of hydrogen-bond acceptors (Lipinski definition) is 6. The van der Waals surface area contributed by atoms with E-state index in [0.717, 1.165) is 60.9 Å². The molecular weight excluding hydrogens is 729 g/mol. The molecule has 3 heterocycles. The van der Waals surface area contributed by atoms with Gasteiger partial charge in [0.25, 0.3) is 0 Å². The molecular formula is C48H36B5N7. The van der Waals surface area contributed by atoms with Crippen molar-refractivity contribution in [1.29, 1.82) is 0 Å². The molecule has 0 N–H and O–H groups in total. The molecule has 12 heteroatoms. The maximum atomic E-state index is 5.31. The Balaban J connectivity index is 1.28. The Hall–Kier alpha value is -7.32. The van der Waals surface area contributed by atoms with Crippen LogP contribution in [0.25, 0.3) is 95.8 Å². The molecule has 0 saturated heterocycles. The second-order valence-corrected chi connectivity index (χ2v) is 15.3. The van der Waals surface area contributed by atoms with E-state index in [4.69, 9.17) is 29.9 Å². The lowest BCUT2D eigenvalue weighted by Gasteiger charge is -2.20. The van der Waals surface area contributed by atoms with Gasteiger partial charge in [-0.15, -0.1) is 16.4 Å². The average Bonchev–Trinajstić information content (AvgIpc) is 3.65. The highest BCUT2D eigenvalue weighted by molar-refractivity contribution is 6.68. The Morgan fingerprint density at radius 3 is 1.15 bits per heavy atom. The van der Waals surface area contributed by atoms with Crippen LogP contribution in [0.5, 0.6) is 0 Å². The van der Waals surface area contributed by atoms with Crippen molar-refractivity contribution in [2.24, 2.45) is 0 Å². The zero-order valence-corrected chi connectivity index (χ0v) is 34.1. The monoisotopic (exact) mass is 765 g/mol. The van der Waals surface area contributed by atoms with E-state index in [-0.39, 0.29) is 0 Å². The van der Waals surface area contributed by atoms with Gasteiger partial charge in [-0.05, 0) is 30.3 Å². The molecule has 0 aliphatic heterocycles. The predicted octanol–water partition coefficient (Wildman–Crippen LogP) is 2.45. The standard InChI is InChI=1S/C48H36B5N7/c49-38-37(39(50)41(52)42(53)40(38)51)48-58-45(29-18-8-3-9-19-29)55-46(59-48)30-24-25-36(60-34-22-12-10-20-31(34)32-21-11-13-23-35(32)60)33(26-30)47-56-43(27-14-4-1-5-15-27)54-44(57-47)28-16-6-2-7-17-28/h1-26H,49-53H2. The zero-order valence-electron chi connectivity index (χ0n) is 34.1. The second kappa shape index (κ2) is 15.1. The first-order chi connectivity index (χ1) is 29.3. The topological polar surface area (TPSA) is 82.3 Å². The molecule has 0 aliphatic rings. The van der Waals surface area contributed by atoms with Crippen LogP contribution in [0.1, 0.15) is 0 Å². The molecule has 0 amide bonds. The van der Waals surface area contributed by atoms with Gasteiger partial charge in [0.15, 0.2) is 34.9 Å². The van der Waals surface area contributed by atoms with E-state index in [1.807, 2.05) is 91.0 Å². The number of rotatable bonds is 7. The molecule has 0 saturated carbocycles. The van der Waals surface area contributed by atoms with Crippen LogP contribution in [0.4, 0.5) is 0 Å². The SMILES string of the molecule is Bc1c(B)c(B)c(-c2nc(-c3ccccc3)nc(-c3ccc(-n4c5ccccc5c5ccccc54)c(-c4nc(-c5ccccc5)nc(-c5ccccc5)n4)c3)n2)c(B)c1B. The van der Waals surface area contributed by atoms with E-state index >= 15 is 0 Å². The number of fused-ring (bicyclic) bond motifs is 3. The quantitative estimate of drug-likeness (QED) is 0.232. The number of benzene rings is 7. The minimum absolute atomic E-state index is 0.537. The first kappa shape index (κ1) is 37.0. The zero-order chi connectivity index (χ0) is 40.9. The normalized spacial score (nSPS) is 11.3. The summed E-state index contributed by atoms with van der Waals surface area (Å²) in [6.07, 6.45) is 0. The fourth-order valence-corrected chi connectivity index (χ4v) is 8.33. The first-order valence-corrected chi connectivity index (χ1v) is 20.2. The number of aromatic nitrogens is 7. The van der Waals surface area contributed by atoms with Crippen molar-refractivity contribution in [3.8, 4) is 74.0 Å². The first-order valence-electron chi connectivity index (χ1n) is 20.2. The van der Waals surface area contributed by atoms with Gasteiger partial charge in [-0.1, -0.05) is 138 Å². The maximum Gasteiger partial charge on any atom is 0.166 e. The van der Waals surface area contributed by atoms with Gasteiger partial charge >= 0.3 is 0 Å². The fraction of sp³-hybridized carbons (Fsp3) is 0. The van der Waals surface area contributed by atoms with Gasteiger partial charge in [0.1, 0.15) is 39.2 Å². The number of nitrogens with zero attached hydrogens (tertiary/aromatic N) is 7. The molecule has 0 radical (unpaired) electrons. The van der Waals surface area contributed by atoms with Gasteiger partial charge in [-0.2, -0.15) is 0 Å². The summed E-state index contributed by atoms with van der Waals surface area (Å²) in [5.74, 6) is 3.52. The summed E-state index contributed by atoms with van der Waals surface area (Å²) in [5, 5.41) is 2.33. The molecule has 0 aliphatic carbocycles. The average molecular weight is 765 g/mol. The van der Waals surface area contributed by atoms with Gasteiger partial charge in [-0.25, -0.2) is 29.9 Å². The highest BCUT2D eigenvalue weighted by atomic mass is 15.1. The van der Waals surface area contributed by atoms with Crippen LogP contribution in [0.15, 0.2) is 158 Å². The Bertz CT molecular complexity index is 3130. The van der Waals surface area contributed by atoms with Crippen molar-refractivity contribution >= 4 is 88.4 Å². The van der Waals surface area contributed by atoms with Gasteiger partial charge < -0.3 is 4.57 Å². The third-order valence-electron chi connectivity index (χ3n) is 11.9. The molecule has 0 fully saturated rings. The molecule has 60 heavy (non-hydrogen) atoms. The Morgan fingerprint density at radius 1 is 0.317 bits per heavy atom. The lowest BCUT2D eigenvalue weighted by atomic mass is 9.60. The van der Waals surface area contributed by atoms with Gasteiger partial charge in [0.05, 0.1) is 16.7 Å². The Labute approximate surface area is 353 Å². The number of hydrogen-bond donors (Lipinski definition) is 0. The van der Waals surface area contributed by atoms with Crippen molar-refractivity contribution in [2.75, 3.05) is 0 Å². The molecule has 0 spiro atoms. The minimum Gasteiger partial charge on any atom is -0.309 e. The summed E-state index contributed by atoms with van der Waals surface area (Å²) in [6, 6.07) is 53.8. The van der Waals surface area contributed by atoms with Crippen molar-refractivity contribution in [1.82, 2.24) is 34.5 Å². The lowest BCUT2D eigenvalue weighted by molar-refractivity contribution is 1.06. The Kier molecular flexibility index (Phi) is 9.33. The third kappa shape index (κ3) is 6.41. The molecule has 0 unspecified atom stereocenters. The van der Waals surface area contributed by atoms with Crippen LogP contribution < -0.4 is 27.3 Å². The van der Waals surface area contributed by atoms with Crippen LogP contribution in [0, 0.1) is 0 Å². The fourth-order valence-electron chi connectivity index (χ4n) is 8.33. The largest absolute Gasteiger partial charge is 0.309 e. The van der Waals surface area contributed by atoms with Crippen LogP contribution in [-0.4, -0.2) is 73.7 Å². The molecule has 0 bridgehead atoms. The third-order valence-corrected chi connectivity index (χ3v) is 11.9. The van der Waals surface area contributed by atoms with Gasteiger partial charge in [-0.3, -0.25) is 0 Å². The molecule has 0 atom stereocenters. The van der Waals surface area contributed by atoms with E-state index in [1.54, 1.807) is 0 Å². The summed E-state index contributed by atoms with van der Waals surface area (Å²) in [7, 11) is 10.9. The smallest absolute Gasteiger partial charge is 0.166 e. The van der Waals surface area contributed by atoms with E-state index < -0.39 is 0 Å². The molecule has 7 nitrogen and oxygen atoms in total. The van der Waals surface area contributed by atoms with Crippen LogP contribution >= 0.6 is 0 Å². The highest BCUT2D eigenvalue weighted by Gasteiger charge is 2.23. The van der Waals surface area contributed by atoms with E-state index in [9.17, 15) is 0 Å². The van der Waals surface area contributed by atoms with Crippen molar-refractivity contribution in [3.05, 3.63) is 158 Å². The number of para-hydroxylation sites is 2. The molecule has 10 rings (SSSR count). The second-order valence-electron chi connectivity index (χ2n) is 15.3. The minimum atomic E-state index is 0.537. The van der Waals surface area contributed by atoms with E-state index in [2.05, 4.69) is 111 Å². The van der Waals surface area contributed by atoms with Gasteiger partial charge in [0.2, 0.25) is 0 Å². The maximum absolute atomic E-state index is 5.31. The molecule has 278 valence electrons. The summed E-state index contributed by atoms with van der Waals surface area (Å²) in [6.45, 7) is 0. The molecule has 7 aromatic carbocycles. The summed E-state index contributed by atoms with van der Waals surface area (Å²) in [4.78, 5) is 31.2. The predicted molar refractivity (Wildman–Crippen MR) is 261 cm³/mol. The van der Waals surface area contributed by atoms with E-state index in [1.165, 1.54) is 27.3 Å².